The third kappa shape index (κ3) is 3.36. The Kier molecular flexibility index (Phi) is 4.00. The van der Waals surface area contributed by atoms with Crippen LogP contribution in [0.15, 0.2) is 12.1 Å². The van der Waals surface area contributed by atoms with Crippen LogP contribution in [0.3, 0.4) is 0 Å². The number of hydrogen-bond donors (Lipinski definition) is 0. The number of alkyl halides is 3. The topological polar surface area (TPSA) is 52.6 Å². The van der Waals surface area contributed by atoms with Gasteiger partial charge in [0.25, 0.3) is 0 Å². The van der Waals surface area contributed by atoms with E-state index >= 15 is 0 Å². The first kappa shape index (κ1) is 15.8. The van der Waals surface area contributed by atoms with Crippen LogP contribution >= 0.6 is 0 Å². The van der Waals surface area contributed by atoms with Gasteiger partial charge in [0.15, 0.2) is 11.6 Å². The summed E-state index contributed by atoms with van der Waals surface area (Å²) in [6.07, 6.45) is 1.94. The molecule has 0 saturated heterocycles. The molecule has 1 aromatic carbocycles. The lowest BCUT2D eigenvalue weighted by molar-refractivity contribution is -0.0501. The van der Waals surface area contributed by atoms with Crippen molar-refractivity contribution >= 4 is 10.1 Å². The van der Waals surface area contributed by atoms with E-state index in [-0.39, 0.29) is 11.9 Å². The zero-order valence-corrected chi connectivity index (χ0v) is 11.1. The van der Waals surface area contributed by atoms with Gasteiger partial charge in [-0.3, -0.25) is 0 Å². The minimum atomic E-state index is -6.09. The van der Waals surface area contributed by atoms with Gasteiger partial charge < -0.3 is 8.92 Å². The van der Waals surface area contributed by atoms with Gasteiger partial charge in [-0.15, -0.1) is 0 Å². The van der Waals surface area contributed by atoms with Crippen LogP contribution in [0.5, 0.6) is 11.5 Å². The van der Waals surface area contributed by atoms with Crippen LogP contribution in [0.25, 0.3) is 0 Å². The second-order valence-electron chi connectivity index (χ2n) is 4.37. The average molecular weight is 332 g/mol. The predicted molar refractivity (Wildman–Crippen MR) is 60.2 cm³/mol. The summed E-state index contributed by atoms with van der Waals surface area (Å²) in [5.74, 6) is -5.12. The fraction of sp³-hybridized carbons (Fsp3) is 0.455. The van der Waals surface area contributed by atoms with Gasteiger partial charge in [0.1, 0.15) is 5.75 Å². The third-order valence-electron chi connectivity index (χ3n) is 2.81. The Morgan fingerprint density at radius 1 is 1.14 bits per heavy atom. The molecule has 1 aliphatic rings. The van der Waals surface area contributed by atoms with Crippen LogP contribution < -0.4 is 8.92 Å². The maximum Gasteiger partial charge on any atom is 0.534 e. The largest absolute Gasteiger partial charge is 0.534 e. The van der Waals surface area contributed by atoms with Crippen molar-refractivity contribution in [2.24, 2.45) is 0 Å². The molecule has 21 heavy (non-hydrogen) atoms. The highest BCUT2D eigenvalue weighted by Crippen LogP contribution is 2.34. The van der Waals surface area contributed by atoms with Gasteiger partial charge in [-0.25, -0.2) is 4.39 Å². The van der Waals surface area contributed by atoms with E-state index in [4.69, 9.17) is 4.74 Å². The predicted octanol–water partition coefficient (Wildman–Crippen LogP) is 3.12. The van der Waals surface area contributed by atoms with Gasteiger partial charge >= 0.3 is 15.6 Å². The highest BCUT2D eigenvalue weighted by atomic mass is 32.2. The molecule has 2 rings (SSSR count). The minimum Gasteiger partial charge on any atom is -0.490 e. The highest BCUT2D eigenvalue weighted by Gasteiger charge is 2.49. The average Bonchev–Trinajstić information content (AvgIpc) is 2.28. The molecule has 0 N–H and O–H groups in total. The standard InChI is InChI=1S/C11H9F5O4S/c12-8-4-7(19-6-2-1-3-6)5-9(10(8)13)20-21(17,18)11(14,15)16/h4-6H,1-3H2. The molecule has 0 aliphatic heterocycles. The first-order chi connectivity index (χ1) is 9.60. The maximum atomic E-state index is 13.3. The molecule has 10 heteroatoms. The van der Waals surface area contributed by atoms with Crippen LogP contribution in [0.4, 0.5) is 22.0 Å². The number of rotatable bonds is 4. The molecule has 0 heterocycles. The Morgan fingerprint density at radius 2 is 1.76 bits per heavy atom. The molecule has 0 radical (unpaired) electrons. The fourth-order valence-corrected chi connectivity index (χ4v) is 1.97. The van der Waals surface area contributed by atoms with Crippen LogP contribution in [-0.4, -0.2) is 20.0 Å². The highest BCUT2D eigenvalue weighted by molar-refractivity contribution is 7.88. The van der Waals surface area contributed by atoms with Gasteiger partial charge in [0.2, 0.25) is 5.82 Å². The normalized spacial score (nSPS) is 16.4. The van der Waals surface area contributed by atoms with Gasteiger partial charge in [-0.05, 0) is 19.3 Å². The van der Waals surface area contributed by atoms with Crippen LogP contribution in [0, 0.1) is 11.6 Å². The summed E-state index contributed by atoms with van der Waals surface area (Å²) < 4.78 is 93.5. The molecule has 1 aliphatic carbocycles. The number of halogens is 5. The molecular formula is C11H9F5O4S. The summed E-state index contributed by atoms with van der Waals surface area (Å²) >= 11 is 0. The van der Waals surface area contributed by atoms with Gasteiger partial charge in [0, 0.05) is 12.1 Å². The fourth-order valence-electron chi connectivity index (χ4n) is 1.52. The van der Waals surface area contributed by atoms with Crippen LogP contribution in [-0.2, 0) is 10.1 Å². The molecule has 1 aromatic rings. The van der Waals surface area contributed by atoms with Crippen molar-refractivity contribution in [1.82, 2.24) is 0 Å². The monoisotopic (exact) mass is 332 g/mol. The Hall–Kier alpha value is -1.58. The van der Waals surface area contributed by atoms with Crippen molar-refractivity contribution in [3.63, 3.8) is 0 Å². The molecule has 0 amide bonds. The third-order valence-corrected chi connectivity index (χ3v) is 3.77. The number of ether oxygens (including phenoxy) is 1. The quantitative estimate of drug-likeness (QED) is 0.483. The van der Waals surface area contributed by atoms with E-state index in [9.17, 15) is 30.4 Å². The van der Waals surface area contributed by atoms with E-state index in [1.54, 1.807) is 0 Å². The van der Waals surface area contributed by atoms with E-state index in [0.717, 1.165) is 6.42 Å². The van der Waals surface area contributed by atoms with Gasteiger partial charge in [-0.2, -0.15) is 26.0 Å². The summed E-state index contributed by atoms with van der Waals surface area (Å²) in [6, 6.07) is 1.18. The maximum absolute atomic E-state index is 13.3. The molecule has 0 spiro atoms. The van der Waals surface area contributed by atoms with Crippen molar-refractivity contribution in [3.8, 4) is 11.5 Å². The van der Waals surface area contributed by atoms with Crippen LogP contribution in [0.2, 0.25) is 0 Å². The molecule has 1 fully saturated rings. The van der Waals surface area contributed by atoms with Gasteiger partial charge in [-0.1, -0.05) is 0 Å². The first-order valence-electron chi connectivity index (χ1n) is 5.76. The number of benzene rings is 1. The molecule has 4 nitrogen and oxygen atoms in total. The molecule has 0 atom stereocenters. The van der Waals surface area contributed by atoms with E-state index < -0.39 is 33.0 Å². The van der Waals surface area contributed by atoms with Crippen LogP contribution in [0.1, 0.15) is 19.3 Å². The molecule has 118 valence electrons. The Balaban J connectivity index is 2.29. The molecule has 0 bridgehead atoms. The van der Waals surface area contributed by atoms with Crippen molar-refractivity contribution in [1.29, 1.82) is 0 Å². The summed E-state index contributed by atoms with van der Waals surface area (Å²) in [5.41, 5.74) is -5.75. The summed E-state index contributed by atoms with van der Waals surface area (Å²) in [7, 11) is -6.09. The first-order valence-corrected chi connectivity index (χ1v) is 7.17. The lowest BCUT2D eigenvalue weighted by Crippen LogP contribution is -2.28. The summed E-state index contributed by atoms with van der Waals surface area (Å²) in [4.78, 5) is 0. The minimum absolute atomic E-state index is 0.262. The second-order valence-corrected chi connectivity index (χ2v) is 5.91. The van der Waals surface area contributed by atoms with E-state index in [1.165, 1.54) is 0 Å². The van der Waals surface area contributed by atoms with Crippen molar-refractivity contribution < 1.29 is 39.3 Å². The van der Waals surface area contributed by atoms with Crippen molar-refractivity contribution in [2.75, 3.05) is 0 Å². The Labute approximate surface area is 116 Å². The van der Waals surface area contributed by atoms with E-state index in [0.29, 0.717) is 25.0 Å². The van der Waals surface area contributed by atoms with E-state index in [2.05, 4.69) is 4.18 Å². The Morgan fingerprint density at radius 3 is 2.24 bits per heavy atom. The smallest absolute Gasteiger partial charge is 0.490 e. The summed E-state index contributed by atoms with van der Waals surface area (Å²) in [6.45, 7) is 0. The van der Waals surface area contributed by atoms with Gasteiger partial charge in [0.05, 0.1) is 6.10 Å². The molecule has 1 saturated carbocycles. The molecular weight excluding hydrogens is 323 g/mol. The molecule has 0 aromatic heterocycles. The Bertz CT molecular complexity index is 637. The zero-order chi connectivity index (χ0) is 15.8. The molecule has 0 unspecified atom stereocenters. The number of hydrogen-bond acceptors (Lipinski definition) is 4. The SMILES string of the molecule is O=S(=O)(Oc1cc(OC2CCC2)cc(F)c1F)C(F)(F)F. The summed E-state index contributed by atoms with van der Waals surface area (Å²) in [5, 5.41) is 0. The van der Waals surface area contributed by atoms with Crippen molar-refractivity contribution in [2.45, 2.75) is 30.9 Å². The lowest BCUT2D eigenvalue weighted by Gasteiger charge is -2.26. The second kappa shape index (κ2) is 5.32. The van der Waals surface area contributed by atoms with Crippen molar-refractivity contribution in [3.05, 3.63) is 23.8 Å². The van der Waals surface area contributed by atoms with E-state index in [1.807, 2.05) is 0 Å². The lowest BCUT2D eigenvalue weighted by atomic mass is 9.96. The zero-order valence-electron chi connectivity index (χ0n) is 10.3.